The van der Waals surface area contributed by atoms with E-state index in [1.54, 1.807) is 0 Å². The summed E-state index contributed by atoms with van der Waals surface area (Å²) >= 11 is 1.48. The molecule has 0 unspecified atom stereocenters. The lowest BCUT2D eigenvalue weighted by Gasteiger charge is -2.03. The van der Waals surface area contributed by atoms with Crippen LogP contribution in [0, 0.1) is 0 Å². The van der Waals surface area contributed by atoms with Gasteiger partial charge in [0.15, 0.2) is 5.78 Å². The number of thioether (sulfide) groups is 1. The quantitative estimate of drug-likeness (QED) is 0.529. The number of carbonyl (C=O) groups is 1. The van der Waals surface area contributed by atoms with Crippen molar-refractivity contribution in [2.45, 2.75) is 5.03 Å². The summed E-state index contributed by atoms with van der Waals surface area (Å²) in [6, 6.07) is 19.5. The van der Waals surface area contributed by atoms with E-state index in [1.807, 2.05) is 60.8 Å². The Balaban J connectivity index is 1.72. The van der Waals surface area contributed by atoms with Gasteiger partial charge in [-0.05, 0) is 11.5 Å². The second kappa shape index (κ2) is 5.88. The lowest BCUT2D eigenvalue weighted by atomic mass is 10.2. The number of hydrogen-bond acceptors (Lipinski definition) is 3. The third-order valence-corrected chi connectivity index (χ3v) is 3.98. The number of ketones is 1. The van der Waals surface area contributed by atoms with Crippen molar-refractivity contribution >= 4 is 28.3 Å². The Morgan fingerprint density at radius 3 is 2.45 bits per heavy atom. The van der Waals surface area contributed by atoms with Gasteiger partial charge in [-0.25, -0.2) is 4.98 Å². The average molecular weight is 279 g/mol. The van der Waals surface area contributed by atoms with Crippen LogP contribution in [-0.2, 0) is 0 Å². The highest BCUT2D eigenvalue weighted by molar-refractivity contribution is 7.99. The van der Waals surface area contributed by atoms with Crippen molar-refractivity contribution in [2.75, 3.05) is 5.75 Å². The highest BCUT2D eigenvalue weighted by Crippen LogP contribution is 2.21. The molecule has 98 valence electrons. The maximum absolute atomic E-state index is 12.0. The Morgan fingerprint density at radius 1 is 0.950 bits per heavy atom. The standard InChI is InChI=1S/C17H13NOS/c19-16(13-6-2-1-3-7-13)12-20-17-10-14-8-4-5-9-15(14)11-18-17/h1-11H,12H2. The van der Waals surface area contributed by atoms with E-state index in [0.717, 1.165) is 21.4 Å². The highest BCUT2D eigenvalue weighted by atomic mass is 32.2. The Bertz CT molecular complexity index is 740. The molecule has 0 saturated heterocycles. The lowest BCUT2D eigenvalue weighted by molar-refractivity contribution is 0.102. The van der Waals surface area contributed by atoms with Crippen LogP contribution in [0.1, 0.15) is 10.4 Å². The molecule has 0 saturated carbocycles. The number of nitrogens with zero attached hydrogens (tertiary/aromatic N) is 1. The second-order valence-electron chi connectivity index (χ2n) is 4.45. The number of carbonyl (C=O) groups excluding carboxylic acids is 1. The van der Waals surface area contributed by atoms with Gasteiger partial charge in [-0.2, -0.15) is 0 Å². The van der Waals surface area contributed by atoms with E-state index in [0.29, 0.717) is 5.75 Å². The van der Waals surface area contributed by atoms with Crippen molar-refractivity contribution in [1.82, 2.24) is 4.98 Å². The van der Waals surface area contributed by atoms with Gasteiger partial charge in [0.05, 0.1) is 10.8 Å². The highest BCUT2D eigenvalue weighted by Gasteiger charge is 2.06. The van der Waals surface area contributed by atoms with E-state index < -0.39 is 0 Å². The number of hydrogen-bond donors (Lipinski definition) is 0. The molecule has 0 aliphatic heterocycles. The summed E-state index contributed by atoms with van der Waals surface area (Å²) in [6.07, 6.45) is 1.85. The zero-order valence-electron chi connectivity index (χ0n) is 10.8. The Labute approximate surface area is 121 Å². The first kappa shape index (κ1) is 12.9. The fraction of sp³-hybridized carbons (Fsp3) is 0.0588. The third kappa shape index (κ3) is 2.89. The average Bonchev–Trinajstić information content (AvgIpc) is 2.53. The topological polar surface area (TPSA) is 30.0 Å². The summed E-state index contributed by atoms with van der Waals surface area (Å²) in [4.78, 5) is 16.4. The van der Waals surface area contributed by atoms with Crippen molar-refractivity contribution in [1.29, 1.82) is 0 Å². The molecular formula is C17H13NOS. The Morgan fingerprint density at radius 2 is 1.65 bits per heavy atom. The van der Waals surface area contributed by atoms with Crippen molar-refractivity contribution in [3.8, 4) is 0 Å². The normalized spacial score (nSPS) is 10.6. The minimum Gasteiger partial charge on any atom is -0.293 e. The summed E-state index contributed by atoms with van der Waals surface area (Å²) in [5, 5.41) is 3.15. The minimum atomic E-state index is 0.130. The van der Waals surface area contributed by atoms with Gasteiger partial charge in [-0.15, -0.1) is 0 Å². The first-order valence-corrected chi connectivity index (χ1v) is 7.37. The van der Waals surface area contributed by atoms with Gasteiger partial charge in [0.2, 0.25) is 0 Å². The van der Waals surface area contributed by atoms with Gasteiger partial charge in [-0.1, -0.05) is 66.4 Å². The second-order valence-corrected chi connectivity index (χ2v) is 5.44. The zero-order valence-corrected chi connectivity index (χ0v) is 11.6. The maximum atomic E-state index is 12.0. The number of benzene rings is 2. The molecule has 20 heavy (non-hydrogen) atoms. The smallest absolute Gasteiger partial charge is 0.173 e. The van der Waals surface area contributed by atoms with E-state index in [4.69, 9.17) is 0 Å². The zero-order chi connectivity index (χ0) is 13.8. The van der Waals surface area contributed by atoms with Crippen LogP contribution in [0.3, 0.4) is 0 Å². The Hall–Kier alpha value is -2.13. The SMILES string of the molecule is O=C(CSc1cc2ccccc2cn1)c1ccccc1. The molecular weight excluding hydrogens is 266 g/mol. The molecule has 0 bridgehead atoms. The number of pyridine rings is 1. The van der Waals surface area contributed by atoms with Gasteiger partial charge in [0.1, 0.15) is 0 Å². The monoisotopic (exact) mass is 279 g/mol. The van der Waals surface area contributed by atoms with Gasteiger partial charge >= 0.3 is 0 Å². The van der Waals surface area contributed by atoms with Crippen molar-refractivity contribution in [3.05, 3.63) is 72.4 Å². The molecule has 0 N–H and O–H groups in total. The van der Waals surface area contributed by atoms with E-state index in [2.05, 4.69) is 11.1 Å². The van der Waals surface area contributed by atoms with Gasteiger partial charge in [0, 0.05) is 17.1 Å². The summed E-state index contributed by atoms with van der Waals surface area (Å²) in [5.41, 5.74) is 0.751. The molecule has 3 aromatic rings. The van der Waals surface area contributed by atoms with Crippen LogP contribution in [0.15, 0.2) is 71.9 Å². The van der Waals surface area contributed by atoms with E-state index >= 15 is 0 Å². The van der Waals surface area contributed by atoms with Gasteiger partial charge in [-0.3, -0.25) is 4.79 Å². The first-order valence-electron chi connectivity index (χ1n) is 6.39. The maximum Gasteiger partial charge on any atom is 0.173 e. The van der Waals surface area contributed by atoms with Crippen LogP contribution in [0.4, 0.5) is 0 Å². The first-order chi connectivity index (χ1) is 9.83. The fourth-order valence-electron chi connectivity index (χ4n) is 1.99. The largest absolute Gasteiger partial charge is 0.293 e. The summed E-state index contributed by atoms with van der Waals surface area (Å²) in [6.45, 7) is 0. The van der Waals surface area contributed by atoms with Crippen LogP contribution in [0.25, 0.3) is 10.8 Å². The van der Waals surface area contributed by atoms with Crippen molar-refractivity contribution in [2.24, 2.45) is 0 Å². The molecule has 0 radical (unpaired) electrons. The fourth-order valence-corrected chi connectivity index (χ4v) is 2.77. The van der Waals surface area contributed by atoms with Crippen molar-refractivity contribution in [3.63, 3.8) is 0 Å². The number of fused-ring (bicyclic) bond motifs is 1. The molecule has 0 atom stereocenters. The molecule has 0 aliphatic carbocycles. The van der Waals surface area contributed by atoms with E-state index in [9.17, 15) is 4.79 Å². The molecule has 0 spiro atoms. The number of rotatable bonds is 4. The predicted octanol–water partition coefficient (Wildman–Crippen LogP) is 4.21. The molecule has 0 amide bonds. The van der Waals surface area contributed by atoms with E-state index in [1.165, 1.54) is 11.8 Å². The Kier molecular flexibility index (Phi) is 3.79. The van der Waals surface area contributed by atoms with Crippen LogP contribution in [0.2, 0.25) is 0 Å². The molecule has 2 aromatic carbocycles. The van der Waals surface area contributed by atoms with Gasteiger partial charge in [0.25, 0.3) is 0 Å². The van der Waals surface area contributed by atoms with Crippen molar-refractivity contribution < 1.29 is 4.79 Å². The molecule has 3 heteroatoms. The number of Topliss-reactive ketones (excluding diaryl/α,β-unsaturated/α-hetero) is 1. The molecule has 0 aliphatic rings. The summed E-state index contributed by atoms with van der Waals surface area (Å²) < 4.78 is 0. The van der Waals surface area contributed by atoms with Crippen LogP contribution in [-0.4, -0.2) is 16.5 Å². The van der Waals surface area contributed by atoms with Crippen LogP contribution < -0.4 is 0 Å². The molecule has 2 nitrogen and oxygen atoms in total. The van der Waals surface area contributed by atoms with Crippen LogP contribution >= 0.6 is 11.8 Å². The third-order valence-electron chi connectivity index (χ3n) is 3.05. The van der Waals surface area contributed by atoms with E-state index in [-0.39, 0.29) is 5.78 Å². The lowest BCUT2D eigenvalue weighted by Crippen LogP contribution is -2.01. The molecule has 3 rings (SSSR count). The minimum absolute atomic E-state index is 0.130. The summed E-state index contributed by atoms with van der Waals surface area (Å²) in [5.74, 6) is 0.542. The molecule has 1 aromatic heterocycles. The van der Waals surface area contributed by atoms with Gasteiger partial charge < -0.3 is 0 Å². The number of aromatic nitrogens is 1. The predicted molar refractivity (Wildman–Crippen MR) is 83.2 cm³/mol. The van der Waals surface area contributed by atoms with Crippen LogP contribution in [0.5, 0.6) is 0 Å². The molecule has 0 fully saturated rings. The summed E-state index contributed by atoms with van der Waals surface area (Å²) in [7, 11) is 0. The molecule has 1 heterocycles.